The van der Waals surface area contributed by atoms with Gasteiger partial charge in [-0.15, -0.1) is 11.3 Å². The van der Waals surface area contributed by atoms with Gasteiger partial charge in [0, 0.05) is 22.8 Å². The zero-order valence-electron chi connectivity index (χ0n) is 14.7. The maximum atomic E-state index is 13.3. The van der Waals surface area contributed by atoms with Crippen molar-refractivity contribution in [2.45, 2.75) is 20.0 Å². The lowest BCUT2D eigenvalue weighted by atomic mass is 10.2. The van der Waals surface area contributed by atoms with Crippen LogP contribution < -0.4 is 10.2 Å². The van der Waals surface area contributed by atoms with Crippen molar-refractivity contribution >= 4 is 29.3 Å². The normalized spacial score (nSPS) is 10.5. The maximum Gasteiger partial charge on any atom is 0.271 e. The van der Waals surface area contributed by atoms with E-state index in [9.17, 15) is 18.4 Å². The standard InChI is InChI=1S/C18H15F2N5O2S/c1-11-21-6-16(28-11)7-24-18(27)17-8-22-14(5-23-17)9-25(10-26)15-3-12(19)2-13(20)4-15/h2-6,8,10H,7,9H2,1H3,(H,24,27). The fourth-order valence-corrected chi connectivity index (χ4v) is 3.10. The summed E-state index contributed by atoms with van der Waals surface area (Å²) in [6, 6.07) is 2.79. The predicted octanol–water partition coefficient (Wildman–Crippen LogP) is 2.61. The van der Waals surface area contributed by atoms with Crippen LogP contribution in [0.5, 0.6) is 0 Å². The summed E-state index contributed by atoms with van der Waals surface area (Å²) in [6.45, 7) is 2.15. The molecule has 10 heteroatoms. The number of aromatic nitrogens is 3. The highest BCUT2D eigenvalue weighted by Crippen LogP contribution is 2.18. The molecule has 3 rings (SSSR count). The monoisotopic (exact) mass is 403 g/mol. The SMILES string of the molecule is Cc1ncc(CNC(=O)c2cnc(CN(C=O)c3cc(F)cc(F)c3)cn2)s1. The van der Waals surface area contributed by atoms with Gasteiger partial charge in [0.2, 0.25) is 6.41 Å². The number of hydrogen-bond donors (Lipinski definition) is 1. The van der Waals surface area contributed by atoms with Crippen LogP contribution in [0.25, 0.3) is 0 Å². The van der Waals surface area contributed by atoms with Gasteiger partial charge in [0.1, 0.15) is 17.3 Å². The second-order valence-electron chi connectivity index (χ2n) is 5.78. The molecule has 0 radical (unpaired) electrons. The zero-order valence-corrected chi connectivity index (χ0v) is 15.5. The summed E-state index contributed by atoms with van der Waals surface area (Å²) in [6.07, 6.45) is 4.74. The molecule has 0 spiro atoms. The van der Waals surface area contributed by atoms with Crippen LogP contribution in [-0.4, -0.2) is 27.3 Å². The number of nitrogens with zero attached hydrogens (tertiary/aromatic N) is 4. The van der Waals surface area contributed by atoms with Crippen LogP contribution in [0.3, 0.4) is 0 Å². The van der Waals surface area contributed by atoms with Crippen LogP contribution in [0.15, 0.2) is 36.8 Å². The fraction of sp³-hybridized carbons (Fsp3) is 0.167. The molecule has 0 fully saturated rings. The van der Waals surface area contributed by atoms with Gasteiger partial charge in [-0.1, -0.05) is 0 Å². The van der Waals surface area contributed by atoms with E-state index < -0.39 is 17.5 Å². The van der Waals surface area contributed by atoms with Gasteiger partial charge >= 0.3 is 0 Å². The van der Waals surface area contributed by atoms with Gasteiger partial charge in [-0.2, -0.15) is 0 Å². The van der Waals surface area contributed by atoms with E-state index in [-0.39, 0.29) is 17.9 Å². The van der Waals surface area contributed by atoms with Gasteiger partial charge in [0.05, 0.1) is 36.2 Å². The third-order valence-electron chi connectivity index (χ3n) is 3.67. The van der Waals surface area contributed by atoms with Crippen LogP contribution in [-0.2, 0) is 17.9 Å². The molecule has 2 aromatic heterocycles. The molecule has 1 aromatic carbocycles. The third kappa shape index (κ3) is 4.92. The van der Waals surface area contributed by atoms with E-state index in [2.05, 4.69) is 20.3 Å². The number of benzene rings is 1. The smallest absolute Gasteiger partial charge is 0.271 e. The van der Waals surface area contributed by atoms with E-state index in [4.69, 9.17) is 0 Å². The summed E-state index contributed by atoms with van der Waals surface area (Å²) in [7, 11) is 0. The molecule has 3 aromatic rings. The first-order valence-corrected chi connectivity index (χ1v) is 8.94. The van der Waals surface area contributed by atoms with Crippen LogP contribution in [0, 0.1) is 18.6 Å². The summed E-state index contributed by atoms with van der Waals surface area (Å²) in [5.41, 5.74) is 0.516. The number of aryl methyl sites for hydroxylation is 1. The van der Waals surface area contributed by atoms with Crippen LogP contribution in [0.1, 0.15) is 26.1 Å². The van der Waals surface area contributed by atoms with E-state index in [0.717, 1.165) is 26.9 Å². The molecular formula is C18H15F2N5O2S. The third-order valence-corrected chi connectivity index (χ3v) is 4.58. The quantitative estimate of drug-likeness (QED) is 0.613. The van der Waals surface area contributed by atoms with Gasteiger partial charge < -0.3 is 10.2 Å². The number of thiazole rings is 1. The predicted molar refractivity (Wildman–Crippen MR) is 98.7 cm³/mol. The summed E-state index contributed by atoms with van der Waals surface area (Å²) < 4.78 is 26.7. The molecule has 28 heavy (non-hydrogen) atoms. The molecule has 0 saturated carbocycles. The van der Waals surface area contributed by atoms with Crippen molar-refractivity contribution in [2.24, 2.45) is 0 Å². The van der Waals surface area contributed by atoms with E-state index in [1.165, 1.54) is 23.7 Å². The minimum atomic E-state index is -0.795. The summed E-state index contributed by atoms with van der Waals surface area (Å²) in [5.74, 6) is -1.99. The van der Waals surface area contributed by atoms with Crippen molar-refractivity contribution in [2.75, 3.05) is 4.90 Å². The number of amides is 2. The van der Waals surface area contributed by atoms with Gasteiger partial charge in [0.25, 0.3) is 5.91 Å². The molecule has 1 N–H and O–H groups in total. The Labute approximate surface area is 163 Å². The Balaban J connectivity index is 1.64. The Hall–Kier alpha value is -3.27. The molecule has 0 atom stereocenters. The molecule has 0 aliphatic carbocycles. The molecule has 0 aliphatic rings. The Bertz CT molecular complexity index is 974. The van der Waals surface area contributed by atoms with Gasteiger partial charge in [0.15, 0.2) is 0 Å². The molecule has 0 bridgehead atoms. The summed E-state index contributed by atoms with van der Waals surface area (Å²) in [5, 5.41) is 3.63. The van der Waals surface area contributed by atoms with Gasteiger partial charge in [-0.05, 0) is 19.1 Å². The van der Waals surface area contributed by atoms with E-state index in [1.807, 2.05) is 6.92 Å². The van der Waals surface area contributed by atoms with Gasteiger partial charge in [-0.25, -0.2) is 18.7 Å². The number of carbonyl (C=O) groups excluding carboxylic acids is 2. The van der Waals surface area contributed by atoms with E-state index in [0.29, 0.717) is 24.7 Å². The molecule has 0 saturated heterocycles. The van der Waals surface area contributed by atoms with E-state index >= 15 is 0 Å². The first-order chi connectivity index (χ1) is 13.4. The Morgan fingerprint density at radius 2 is 1.89 bits per heavy atom. The number of nitrogens with one attached hydrogen (secondary N) is 1. The number of rotatable bonds is 7. The lowest BCUT2D eigenvalue weighted by molar-refractivity contribution is -0.107. The van der Waals surface area contributed by atoms with Crippen molar-refractivity contribution in [1.29, 1.82) is 0 Å². The minimum Gasteiger partial charge on any atom is -0.346 e. The molecule has 0 aliphatic heterocycles. The highest BCUT2D eigenvalue weighted by molar-refractivity contribution is 7.11. The summed E-state index contributed by atoms with van der Waals surface area (Å²) in [4.78, 5) is 37.7. The Morgan fingerprint density at radius 1 is 1.14 bits per heavy atom. The number of anilines is 1. The molecule has 0 unspecified atom stereocenters. The fourth-order valence-electron chi connectivity index (χ4n) is 2.37. The second-order valence-corrected chi connectivity index (χ2v) is 7.10. The molecule has 7 nitrogen and oxygen atoms in total. The number of halogens is 2. The molecule has 144 valence electrons. The van der Waals surface area contributed by atoms with Crippen molar-refractivity contribution in [3.63, 3.8) is 0 Å². The van der Waals surface area contributed by atoms with Crippen molar-refractivity contribution in [1.82, 2.24) is 20.3 Å². The van der Waals surface area contributed by atoms with Crippen molar-refractivity contribution < 1.29 is 18.4 Å². The van der Waals surface area contributed by atoms with Crippen LogP contribution in [0.2, 0.25) is 0 Å². The average Bonchev–Trinajstić information content (AvgIpc) is 3.09. The first-order valence-electron chi connectivity index (χ1n) is 8.13. The largest absolute Gasteiger partial charge is 0.346 e. The van der Waals surface area contributed by atoms with Crippen molar-refractivity contribution in [3.8, 4) is 0 Å². The lowest BCUT2D eigenvalue weighted by Crippen LogP contribution is -2.24. The van der Waals surface area contributed by atoms with Crippen LogP contribution in [0.4, 0.5) is 14.5 Å². The lowest BCUT2D eigenvalue weighted by Gasteiger charge is -2.17. The van der Waals surface area contributed by atoms with Crippen LogP contribution >= 0.6 is 11.3 Å². The first kappa shape index (κ1) is 19.5. The van der Waals surface area contributed by atoms with Crippen molar-refractivity contribution in [3.05, 3.63) is 69.7 Å². The second kappa shape index (κ2) is 8.61. The molecule has 2 amide bonds. The molecular weight excluding hydrogens is 388 g/mol. The Morgan fingerprint density at radius 3 is 2.46 bits per heavy atom. The maximum absolute atomic E-state index is 13.3. The topological polar surface area (TPSA) is 88.1 Å². The Kier molecular flexibility index (Phi) is 5.99. The van der Waals surface area contributed by atoms with E-state index in [1.54, 1.807) is 6.20 Å². The highest BCUT2D eigenvalue weighted by atomic mass is 32.1. The highest BCUT2D eigenvalue weighted by Gasteiger charge is 2.13. The summed E-state index contributed by atoms with van der Waals surface area (Å²) >= 11 is 1.48. The molecule has 2 heterocycles. The minimum absolute atomic E-state index is 0.0518. The number of hydrogen-bond acceptors (Lipinski definition) is 6. The van der Waals surface area contributed by atoms with Gasteiger partial charge in [-0.3, -0.25) is 14.6 Å². The number of carbonyl (C=O) groups is 2. The zero-order chi connectivity index (χ0) is 20.1. The average molecular weight is 403 g/mol.